The molecule has 1 heterocycles. The summed E-state index contributed by atoms with van der Waals surface area (Å²) in [5.41, 5.74) is 8.41. The van der Waals surface area contributed by atoms with E-state index in [1.807, 2.05) is 76.2 Å². The molecular formula is C44H48N8O4. The Kier molecular flexibility index (Phi) is 14.7. The summed E-state index contributed by atoms with van der Waals surface area (Å²) < 4.78 is 0. The molecule has 4 aromatic rings. The minimum Gasteiger partial charge on any atom is -0.507 e. The smallest absolute Gasteiger partial charge is 0.133 e. The van der Waals surface area contributed by atoms with Crippen LogP contribution in [0.3, 0.4) is 0 Å². The normalized spacial score (nSPS) is 14.6. The number of aryl methyl sites for hydroxylation is 4. The Balaban J connectivity index is 1.36. The summed E-state index contributed by atoms with van der Waals surface area (Å²) in [6, 6.07) is 14.8. The molecule has 1 aliphatic rings. The second kappa shape index (κ2) is 20.2. The number of fused-ring (bicyclic) bond motifs is 8. The summed E-state index contributed by atoms with van der Waals surface area (Å²) in [5.74, 6) is 0.328. The van der Waals surface area contributed by atoms with Crippen molar-refractivity contribution in [1.82, 2.24) is 0 Å². The maximum atomic E-state index is 10.9. The number of hydrogen-bond acceptors (Lipinski definition) is 12. The second-order valence-corrected chi connectivity index (χ2v) is 13.5. The average Bonchev–Trinajstić information content (AvgIpc) is 3.16. The van der Waals surface area contributed by atoms with Crippen molar-refractivity contribution in [2.75, 3.05) is 52.4 Å². The van der Waals surface area contributed by atoms with Crippen LogP contribution in [0.5, 0.6) is 23.0 Å². The number of hydrogen-bond donors (Lipinski definition) is 4. The van der Waals surface area contributed by atoms with Crippen molar-refractivity contribution in [3.05, 3.63) is 115 Å². The van der Waals surface area contributed by atoms with Crippen molar-refractivity contribution in [2.45, 2.75) is 27.7 Å². The number of aliphatic imine (C=N–C) groups is 8. The molecule has 12 nitrogen and oxygen atoms in total. The van der Waals surface area contributed by atoms with Crippen LogP contribution in [0, 0.1) is 27.7 Å². The summed E-state index contributed by atoms with van der Waals surface area (Å²) in [7, 11) is 0. The zero-order valence-corrected chi connectivity index (χ0v) is 32.3. The van der Waals surface area contributed by atoms with Crippen LogP contribution in [-0.4, -0.2) is 123 Å². The van der Waals surface area contributed by atoms with E-state index in [1.54, 1.807) is 49.7 Å². The predicted molar refractivity (Wildman–Crippen MR) is 231 cm³/mol. The molecule has 56 heavy (non-hydrogen) atoms. The van der Waals surface area contributed by atoms with Crippen molar-refractivity contribution in [1.29, 1.82) is 0 Å². The molecule has 288 valence electrons. The highest BCUT2D eigenvalue weighted by Gasteiger charge is 2.09. The second-order valence-electron chi connectivity index (χ2n) is 13.5. The fraction of sp³-hybridized carbons (Fsp3) is 0.273. The van der Waals surface area contributed by atoms with Crippen LogP contribution >= 0.6 is 0 Å². The van der Waals surface area contributed by atoms with Gasteiger partial charge in [-0.3, -0.25) is 39.9 Å². The number of phenolic OH excluding ortho intramolecular Hbond substituents is 4. The van der Waals surface area contributed by atoms with Crippen LogP contribution in [0.4, 0.5) is 0 Å². The third-order valence-electron chi connectivity index (χ3n) is 8.53. The van der Waals surface area contributed by atoms with Gasteiger partial charge in [-0.15, -0.1) is 0 Å². The zero-order chi connectivity index (χ0) is 39.9. The Morgan fingerprint density at radius 1 is 0.268 bits per heavy atom. The molecule has 0 unspecified atom stereocenters. The number of benzene rings is 4. The van der Waals surface area contributed by atoms with E-state index >= 15 is 0 Å². The summed E-state index contributed by atoms with van der Waals surface area (Å²) in [4.78, 5) is 35.7. The quantitative estimate of drug-likeness (QED) is 0.167. The van der Waals surface area contributed by atoms with Crippen LogP contribution in [0.15, 0.2) is 88.5 Å². The topological polar surface area (TPSA) is 180 Å². The molecule has 0 aliphatic carbocycles. The molecule has 12 heteroatoms. The van der Waals surface area contributed by atoms with Crippen LogP contribution in [0.25, 0.3) is 0 Å². The number of nitrogens with zero attached hydrogens (tertiary/aromatic N) is 8. The third-order valence-corrected chi connectivity index (χ3v) is 8.53. The van der Waals surface area contributed by atoms with Crippen molar-refractivity contribution >= 4 is 49.7 Å². The Labute approximate surface area is 327 Å². The summed E-state index contributed by atoms with van der Waals surface area (Å²) in [5, 5.41) is 43.6. The molecule has 0 fully saturated rings. The Morgan fingerprint density at radius 2 is 0.393 bits per heavy atom. The highest BCUT2D eigenvalue weighted by Crippen LogP contribution is 2.25. The zero-order valence-electron chi connectivity index (χ0n) is 32.3. The molecule has 0 saturated heterocycles. The van der Waals surface area contributed by atoms with Gasteiger partial charge in [-0.1, -0.05) is 0 Å². The van der Waals surface area contributed by atoms with E-state index in [-0.39, 0.29) is 23.0 Å². The number of aromatic hydroxyl groups is 4. The van der Waals surface area contributed by atoms with Gasteiger partial charge in [-0.05, 0) is 98.5 Å². The van der Waals surface area contributed by atoms with Crippen LogP contribution < -0.4 is 0 Å². The highest BCUT2D eigenvalue weighted by molar-refractivity contribution is 5.95. The van der Waals surface area contributed by atoms with Gasteiger partial charge in [0.1, 0.15) is 23.0 Å². The van der Waals surface area contributed by atoms with E-state index in [0.29, 0.717) is 96.9 Å². The van der Waals surface area contributed by atoms with Crippen LogP contribution in [-0.2, 0) is 0 Å². The average molecular weight is 753 g/mol. The lowest BCUT2D eigenvalue weighted by molar-refractivity contribution is 0.473. The van der Waals surface area contributed by atoms with Gasteiger partial charge in [-0.25, -0.2) is 0 Å². The van der Waals surface area contributed by atoms with Gasteiger partial charge in [-0.2, -0.15) is 0 Å². The van der Waals surface area contributed by atoms with Gasteiger partial charge in [0.2, 0.25) is 0 Å². The van der Waals surface area contributed by atoms with Crippen molar-refractivity contribution < 1.29 is 20.4 Å². The minimum atomic E-state index is 0.0820. The van der Waals surface area contributed by atoms with Crippen molar-refractivity contribution in [3.8, 4) is 23.0 Å². The molecular weight excluding hydrogens is 705 g/mol. The van der Waals surface area contributed by atoms with Gasteiger partial charge in [0.05, 0.1) is 52.4 Å². The summed E-state index contributed by atoms with van der Waals surface area (Å²) >= 11 is 0. The molecule has 4 aromatic carbocycles. The number of phenols is 4. The molecule has 4 N–H and O–H groups in total. The van der Waals surface area contributed by atoms with E-state index in [2.05, 4.69) is 39.9 Å². The SMILES string of the molecule is Cc1cc2c(O)c(c1)C=NCCN=Cc1cc(C)cc(c1O)C=NCCN=Cc1cc(C)cc(c1O)C=NCCN=Cc1cc(C)cc(c1O)C=NCCN=C2. The fourth-order valence-electron chi connectivity index (χ4n) is 5.89. The highest BCUT2D eigenvalue weighted by atomic mass is 16.3. The first kappa shape index (κ1) is 40.6. The van der Waals surface area contributed by atoms with E-state index in [1.165, 1.54) is 0 Å². The summed E-state index contributed by atoms with van der Waals surface area (Å²) in [6.07, 6.45) is 13.0. The third kappa shape index (κ3) is 11.7. The lowest BCUT2D eigenvalue weighted by Crippen LogP contribution is -1.97. The lowest BCUT2D eigenvalue weighted by atomic mass is 10.1. The largest absolute Gasteiger partial charge is 0.507 e. The van der Waals surface area contributed by atoms with Gasteiger partial charge >= 0.3 is 0 Å². The Bertz CT molecular complexity index is 1810. The van der Waals surface area contributed by atoms with Crippen LogP contribution in [0.2, 0.25) is 0 Å². The molecule has 0 atom stereocenters. The van der Waals surface area contributed by atoms with Gasteiger partial charge < -0.3 is 20.4 Å². The molecule has 0 saturated carbocycles. The summed E-state index contributed by atoms with van der Waals surface area (Å²) in [6.45, 7) is 10.8. The van der Waals surface area contributed by atoms with Crippen molar-refractivity contribution in [3.63, 3.8) is 0 Å². The molecule has 0 spiro atoms. The first-order chi connectivity index (χ1) is 27.1. The molecule has 1 aliphatic heterocycles. The molecule has 8 bridgehead atoms. The van der Waals surface area contributed by atoms with E-state index in [4.69, 9.17) is 0 Å². The van der Waals surface area contributed by atoms with Gasteiger partial charge in [0.25, 0.3) is 0 Å². The standard InChI is InChI=1S/C44H48N8O4/c1-29-13-33-21-45-5-7-47-23-35-15-30(2)17-37(42(35)54)25-49-9-11-51-27-39-19-32(4)20-40(44(39)56)28-52-12-10-50-26-38-18-31(3)16-36(43(38)55)24-48-8-6-46-22-34(14-29)41(33)53/h13-28,53-56H,5-12H2,1-4H3. The molecule has 5 rings (SSSR count). The maximum absolute atomic E-state index is 10.9. The minimum absolute atomic E-state index is 0.0820. The Hall–Kier alpha value is -6.56. The van der Waals surface area contributed by atoms with Gasteiger partial charge in [0, 0.05) is 94.2 Å². The predicted octanol–water partition coefficient (Wildman–Crippen LogP) is 6.21. The Morgan fingerprint density at radius 3 is 0.518 bits per heavy atom. The molecule has 0 radical (unpaired) electrons. The first-order valence-corrected chi connectivity index (χ1v) is 18.4. The van der Waals surface area contributed by atoms with Gasteiger partial charge in [0.15, 0.2) is 0 Å². The van der Waals surface area contributed by atoms with Crippen LogP contribution in [0.1, 0.15) is 66.8 Å². The first-order valence-electron chi connectivity index (χ1n) is 18.4. The van der Waals surface area contributed by atoms with Crippen molar-refractivity contribution in [2.24, 2.45) is 39.9 Å². The molecule has 0 amide bonds. The maximum Gasteiger partial charge on any atom is 0.133 e. The van der Waals surface area contributed by atoms with E-state index in [0.717, 1.165) is 22.3 Å². The fourth-order valence-corrected chi connectivity index (χ4v) is 5.89. The number of rotatable bonds is 0. The lowest BCUT2D eigenvalue weighted by Gasteiger charge is -2.06. The monoisotopic (exact) mass is 752 g/mol. The van der Waals surface area contributed by atoms with E-state index < -0.39 is 0 Å². The molecule has 0 aromatic heterocycles. The van der Waals surface area contributed by atoms with E-state index in [9.17, 15) is 20.4 Å².